The molecule has 2 saturated heterocycles. The van der Waals surface area contributed by atoms with Crippen molar-refractivity contribution < 1.29 is 13.9 Å². The highest BCUT2D eigenvalue weighted by Crippen LogP contribution is 2.34. The minimum Gasteiger partial charge on any atom is -0.375 e. The fraction of sp³-hybridized carbons (Fsp3) is 0.406. The molecule has 4 atom stereocenters. The van der Waals surface area contributed by atoms with Gasteiger partial charge < -0.3 is 19.6 Å². The van der Waals surface area contributed by atoms with E-state index in [0.29, 0.717) is 23.5 Å². The number of halogens is 1. The molecule has 1 amide bonds. The third-order valence-corrected chi connectivity index (χ3v) is 8.52. The third kappa shape index (κ3) is 4.81. The van der Waals surface area contributed by atoms with Crippen LogP contribution >= 0.6 is 0 Å². The molecule has 3 aliphatic rings. The maximum atomic E-state index is 14.3. The largest absolute Gasteiger partial charge is 0.375 e. The molecule has 3 aliphatic heterocycles. The smallest absolute Gasteiger partial charge is 0.270 e. The van der Waals surface area contributed by atoms with E-state index in [2.05, 4.69) is 50.9 Å². The molecule has 3 aromatic heterocycles. The van der Waals surface area contributed by atoms with Gasteiger partial charge in [0.1, 0.15) is 17.9 Å². The number of benzene rings is 1. The molecule has 41 heavy (non-hydrogen) atoms. The van der Waals surface area contributed by atoms with Crippen molar-refractivity contribution in [3.8, 4) is 11.8 Å². The maximum absolute atomic E-state index is 14.3. The SMILES string of the molecule is Cc1cc(C#CC(C)(C)N2C[C@H]3C[C@@H]2CO3)cc(C(=O)NC(c2cc3ccccc3[nH]2)c2ncn3c2C[C@@H](F)C3)n1. The molecule has 2 fully saturated rings. The normalized spacial score (nSPS) is 22.5. The zero-order valence-electron chi connectivity index (χ0n) is 23.4. The van der Waals surface area contributed by atoms with Crippen LogP contribution in [0.2, 0.25) is 0 Å². The topological polar surface area (TPSA) is 88.1 Å². The molecular formula is C32H33FN6O2. The molecule has 8 nitrogen and oxygen atoms in total. The van der Waals surface area contributed by atoms with Gasteiger partial charge in [0, 0.05) is 47.2 Å². The van der Waals surface area contributed by atoms with Gasteiger partial charge >= 0.3 is 0 Å². The van der Waals surface area contributed by atoms with E-state index in [1.165, 1.54) is 0 Å². The molecule has 0 saturated carbocycles. The van der Waals surface area contributed by atoms with Gasteiger partial charge in [0.2, 0.25) is 0 Å². The number of aromatic amines is 1. The van der Waals surface area contributed by atoms with Gasteiger partial charge in [-0.25, -0.2) is 14.4 Å². The highest BCUT2D eigenvalue weighted by molar-refractivity contribution is 5.93. The maximum Gasteiger partial charge on any atom is 0.270 e. The van der Waals surface area contributed by atoms with Gasteiger partial charge in [-0.2, -0.15) is 0 Å². The number of fused-ring (bicyclic) bond motifs is 4. The first kappa shape index (κ1) is 25.9. The number of likely N-dealkylation sites (tertiary alicyclic amines) is 1. The van der Waals surface area contributed by atoms with Crippen molar-refractivity contribution in [1.82, 2.24) is 29.7 Å². The number of morpholine rings is 1. The highest BCUT2D eigenvalue weighted by Gasteiger charge is 2.44. The van der Waals surface area contributed by atoms with E-state index in [1.807, 2.05) is 47.9 Å². The molecule has 9 heteroatoms. The Morgan fingerprint density at radius 2 is 2.10 bits per heavy atom. The number of pyridine rings is 1. The number of rotatable bonds is 5. The Labute approximate surface area is 238 Å². The molecular weight excluding hydrogens is 519 g/mol. The molecule has 6 heterocycles. The van der Waals surface area contributed by atoms with Gasteiger partial charge in [-0.05, 0) is 56.8 Å². The van der Waals surface area contributed by atoms with Crippen LogP contribution in [0.3, 0.4) is 0 Å². The number of aromatic nitrogens is 4. The van der Waals surface area contributed by atoms with Gasteiger partial charge in [-0.3, -0.25) is 9.69 Å². The van der Waals surface area contributed by atoms with Crippen LogP contribution in [0.4, 0.5) is 4.39 Å². The van der Waals surface area contributed by atoms with E-state index in [9.17, 15) is 9.18 Å². The van der Waals surface area contributed by atoms with E-state index < -0.39 is 12.2 Å². The summed E-state index contributed by atoms with van der Waals surface area (Å²) in [4.78, 5) is 28.7. The Morgan fingerprint density at radius 3 is 2.88 bits per heavy atom. The van der Waals surface area contributed by atoms with Crippen molar-refractivity contribution in [2.24, 2.45) is 0 Å². The average molecular weight is 553 g/mol. The standard InChI is InChI=1S/C32H33FN6O2/c1-19-10-20(8-9-32(2,3)39-16-24-14-23(39)17-41-24)11-27(35-19)31(40)37-29(26-12-21-6-4-5-7-25(21)36-26)30-28-13-22(33)15-38(28)18-34-30/h4-7,10-12,18,22-24,29,36H,13-17H2,1-3H3,(H,37,40)/t22-,23-,24-,29?/m1/s1. The highest BCUT2D eigenvalue weighted by atomic mass is 19.1. The summed E-state index contributed by atoms with van der Waals surface area (Å²) in [5.41, 5.74) is 4.58. The average Bonchev–Trinajstić information content (AvgIpc) is 3.77. The van der Waals surface area contributed by atoms with Crippen LogP contribution in [0.25, 0.3) is 10.9 Å². The number of alkyl halides is 1. The summed E-state index contributed by atoms with van der Waals surface area (Å²) in [5, 5.41) is 4.17. The molecule has 210 valence electrons. The molecule has 4 aromatic rings. The van der Waals surface area contributed by atoms with Gasteiger partial charge in [0.05, 0.1) is 36.8 Å². The summed E-state index contributed by atoms with van der Waals surface area (Å²) in [6.45, 7) is 8.07. The second-order valence-electron chi connectivity index (χ2n) is 11.9. The predicted octanol–water partition coefficient (Wildman–Crippen LogP) is 4.08. The molecule has 1 unspecified atom stereocenters. The monoisotopic (exact) mass is 552 g/mol. The van der Waals surface area contributed by atoms with Crippen LogP contribution < -0.4 is 5.32 Å². The van der Waals surface area contributed by atoms with Gasteiger partial charge in [0.15, 0.2) is 0 Å². The van der Waals surface area contributed by atoms with Gasteiger partial charge in [-0.15, -0.1) is 0 Å². The van der Waals surface area contributed by atoms with Gasteiger partial charge in [0.25, 0.3) is 5.91 Å². The van der Waals surface area contributed by atoms with Crippen LogP contribution in [0.15, 0.2) is 48.8 Å². The number of aryl methyl sites for hydroxylation is 1. The minimum atomic E-state index is -0.960. The Morgan fingerprint density at radius 1 is 1.24 bits per heavy atom. The Hall–Kier alpha value is -4.00. The molecule has 0 radical (unpaired) electrons. The molecule has 1 aromatic carbocycles. The number of carbonyl (C=O) groups is 1. The van der Waals surface area contributed by atoms with Crippen molar-refractivity contribution in [2.75, 3.05) is 13.2 Å². The number of carbonyl (C=O) groups excluding carboxylic acids is 1. The molecule has 0 spiro atoms. The quantitative estimate of drug-likeness (QED) is 0.365. The molecule has 2 N–H and O–H groups in total. The first-order valence-corrected chi connectivity index (χ1v) is 14.2. The summed E-state index contributed by atoms with van der Waals surface area (Å²) in [6, 6.07) is 13.4. The summed E-state index contributed by atoms with van der Waals surface area (Å²) >= 11 is 0. The number of hydrogen-bond acceptors (Lipinski definition) is 5. The van der Waals surface area contributed by atoms with Crippen molar-refractivity contribution in [3.05, 3.63) is 82.8 Å². The van der Waals surface area contributed by atoms with E-state index >= 15 is 0 Å². The molecule has 2 bridgehead atoms. The first-order chi connectivity index (χ1) is 19.7. The number of nitrogens with one attached hydrogen (secondary N) is 2. The molecule has 7 rings (SSSR count). The zero-order valence-corrected chi connectivity index (χ0v) is 23.4. The number of H-pyrrole nitrogens is 1. The van der Waals surface area contributed by atoms with Gasteiger partial charge in [-0.1, -0.05) is 30.0 Å². The fourth-order valence-corrected chi connectivity index (χ4v) is 6.52. The Bertz CT molecular complexity index is 1680. The molecule has 0 aliphatic carbocycles. The number of amides is 1. The lowest BCUT2D eigenvalue weighted by Crippen LogP contribution is -2.49. The lowest BCUT2D eigenvalue weighted by molar-refractivity contribution is 0.00266. The summed E-state index contributed by atoms with van der Waals surface area (Å²) in [7, 11) is 0. The van der Waals surface area contributed by atoms with E-state index in [0.717, 1.165) is 47.4 Å². The van der Waals surface area contributed by atoms with Crippen LogP contribution in [0.1, 0.15) is 65.1 Å². The van der Waals surface area contributed by atoms with Crippen molar-refractivity contribution in [2.45, 2.75) is 70.1 Å². The Kier molecular flexibility index (Phi) is 6.21. The lowest BCUT2D eigenvalue weighted by atomic mass is 10.0. The number of imidazole rings is 1. The van der Waals surface area contributed by atoms with E-state index in [-0.39, 0.29) is 30.1 Å². The lowest BCUT2D eigenvalue weighted by Gasteiger charge is -2.37. The van der Waals surface area contributed by atoms with Crippen LogP contribution in [0, 0.1) is 18.8 Å². The van der Waals surface area contributed by atoms with Crippen LogP contribution in [-0.2, 0) is 17.7 Å². The number of para-hydroxylation sites is 1. The predicted molar refractivity (Wildman–Crippen MR) is 153 cm³/mol. The Balaban J connectivity index is 1.19. The van der Waals surface area contributed by atoms with E-state index in [4.69, 9.17) is 4.74 Å². The van der Waals surface area contributed by atoms with Crippen molar-refractivity contribution in [3.63, 3.8) is 0 Å². The second kappa shape index (κ2) is 9.82. The minimum absolute atomic E-state index is 0.269. The number of hydrogen-bond donors (Lipinski definition) is 2. The van der Waals surface area contributed by atoms with Crippen LogP contribution in [0.5, 0.6) is 0 Å². The summed E-state index contributed by atoms with van der Waals surface area (Å²) in [6.07, 6.45) is 2.33. The number of ether oxygens (including phenoxy) is 1. The van der Waals surface area contributed by atoms with Crippen molar-refractivity contribution >= 4 is 16.8 Å². The fourth-order valence-electron chi connectivity index (χ4n) is 6.52. The van der Waals surface area contributed by atoms with E-state index in [1.54, 1.807) is 12.4 Å². The number of nitrogens with zero attached hydrogens (tertiary/aromatic N) is 4. The zero-order chi connectivity index (χ0) is 28.3. The van der Waals surface area contributed by atoms with Crippen molar-refractivity contribution in [1.29, 1.82) is 0 Å². The third-order valence-electron chi connectivity index (χ3n) is 8.52. The van der Waals surface area contributed by atoms with Crippen LogP contribution in [-0.4, -0.2) is 67.3 Å². The summed E-state index contributed by atoms with van der Waals surface area (Å²) in [5.74, 6) is 6.41. The second-order valence-corrected chi connectivity index (χ2v) is 11.9. The first-order valence-electron chi connectivity index (χ1n) is 14.2. The summed E-state index contributed by atoms with van der Waals surface area (Å²) < 4.78 is 21.9.